The number of hydrogen-bond donors (Lipinski definition) is 2. The van der Waals surface area contributed by atoms with Crippen LogP contribution in [0.3, 0.4) is 0 Å². The summed E-state index contributed by atoms with van der Waals surface area (Å²) in [6.07, 6.45) is 1.73. The zero-order valence-corrected chi connectivity index (χ0v) is 13.0. The molecular formula is C12H15N3O4S2. The van der Waals surface area contributed by atoms with Crippen molar-refractivity contribution in [3.63, 3.8) is 0 Å². The smallest absolute Gasteiger partial charge is 0.342 e. The molecule has 0 atom stereocenters. The number of nitrogens with one attached hydrogen (secondary N) is 2. The van der Waals surface area contributed by atoms with Crippen LogP contribution in [0.15, 0.2) is 28.7 Å². The van der Waals surface area contributed by atoms with Crippen LogP contribution in [0.25, 0.3) is 0 Å². The summed E-state index contributed by atoms with van der Waals surface area (Å²) in [6, 6.07) is 3.83. The van der Waals surface area contributed by atoms with E-state index in [1.165, 1.54) is 0 Å². The van der Waals surface area contributed by atoms with E-state index in [4.69, 9.17) is 4.74 Å². The Morgan fingerprint density at radius 1 is 1.52 bits per heavy atom. The van der Waals surface area contributed by atoms with Crippen molar-refractivity contribution in [3.8, 4) is 0 Å². The topological polar surface area (TPSA) is 101 Å². The lowest BCUT2D eigenvalue weighted by molar-refractivity contribution is 0.0522. The predicted octanol–water partition coefficient (Wildman–Crippen LogP) is 1.17. The lowest BCUT2D eigenvalue weighted by atomic mass is 10.3. The molecule has 0 spiro atoms. The Morgan fingerprint density at radius 2 is 2.33 bits per heavy atom. The number of aromatic amines is 1. The fourth-order valence-electron chi connectivity index (χ4n) is 1.67. The van der Waals surface area contributed by atoms with E-state index in [1.807, 2.05) is 17.5 Å². The molecule has 0 saturated carbocycles. The van der Waals surface area contributed by atoms with Crippen molar-refractivity contribution in [1.29, 1.82) is 0 Å². The molecule has 2 aromatic heterocycles. The molecule has 21 heavy (non-hydrogen) atoms. The lowest BCUT2D eigenvalue weighted by Gasteiger charge is -2.06. The average Bonchev–Trinajstić information content (AvgIpc) is 3.10. The number of carbonyl (C=O) groups excluding carboxylic acids is 1. The molecule has 7 nitrogen and oxygen atoms in total. The fraction of sp³-hybridized carbons (Fsp3) is 0.333. The van der Waals surface area contributed by atoms with Crippen LogP contribution in [0.4, 0.5) is 0 Å². The molecular weight excluding hydrogens is 314 g/mol. The molecule has 0 aliphatic carbocycles. The molecule has 114 valence electrons. The highest BCUT2D eigenvalue weighted by atomic mass is 32.2. The number of ether oxygens (including phenoxy) is 1. The fourth-order valence-corrected chi connectivity index (χ4v) is 3.49. The summed E-state index contributed by atoms with van der Waals surface area (Å²) in [7, 11) is -3.83. The summed E-state index contributed by atoms with van der Waals surface area (Å²) in [5.74, 6) is -0.718. The molecule has 0 aliphatic heterocycles. The van der Waals surface area contributed by atoms with Gasteiger partial charge in [0.25, 0.3) is 10.0 Å². The third-order valence-electron chi connectivity index (χ3n) is 2.61. The molecule has 2 N–H and O–H groups in total. The SMILES string of the molecule is CCOC(=O)c1cn[nH]c1S(=O)(=O)NCCc1cccs1. The second-order valence-corrected chi connectivity index (χ2v) is 6.80. The minimum atomic E-state index is -3.83. The lowest BCUT2D eigenvalue weighted by Crippen LogP contribution is -2.27. The molecule has 0 bridgehead atoms. The van der Waals surface area contributed by atoms with Crippen LogP contribution in [0.5, 0.6) is 0 Å². The molecule has 2 rings (SSSR count). The van der Waals surface area contributed by atoms with E-state index in [0.717, 1.165) is 11.1 Å². The van der Waals surface area contributed by atoms with Gasteiger partial charge in [-0.2, -0.15) is 5.10 Å². The van der Waals surface area contributed by atoms with Crippen LogP contribution in [0.1, 0.15) is 22.2 Å². The largest absolute Gasteiger partial charge is 0.462 e. The van der Waals surface area contributed by atoms with Crippen molar-refractivity contribution >= 4 is 27.3 Å². The number of aromatic nitrogens is 2. The first-order chi connectivity index (χ1) is 10.0. The molecule has 0 unspecified atom stereocenters. The number of nitrogens with zero attached hydrogens (tertiary/aromatic N) is 1. The monoisotopic (exact) mass is 329 g/mol. The maximum atomic E-state index is 12.2. The normalized spacial score (nSPS) is 11.5. The summed E-state index contributed by atoms with van der Waals surface area (Å²) >= 11 is 1.56. The van der Waals surface area contributed by atoms with Crippen molar-refractivity contribution in [2.75, 3.05) is 13.2 Å². The van der Waals surface area contributed by atoms with Gasteiger partial charge in [0.15, 0.2) is 5.03 Å². The molecule has 0 radical (unpaired) electrons. The van der Waals surface area contributed by atoms with E-state index in [1.54, 1.807) is 18.3 Å². The molecule has 2 aromatic rings. The average molecular weight is 329 g/mol. The third kappa shape index (κ3) is 3.90. The minimum absolute atomic E-state index is 0.0968. The van der Waals surface area contributed by atoms with Crippen LogP contribution in [0.2, 0.25) is 0 Å². The van der Waals surface area contributed by atoms with Gasteiger partial charge in [0, 0.05) is 11.4 Å². The zero-order valence-electron chi connectivity index (χ0n) is 11.3. The van der Waals surface area contributed by atoms with Crippen LogP contribution in [0, 0.1) is 0 Å². The molecule has 9 heteroatoms. The highest BCUT2D eigenvalue weighted by molar-refractivity contribution is 7.89. The van der Waals surface area contributed by atoms with Crippen molar-refractivity contribution in [2.45, 2.75) is 18.4 Å². The van der Waals surface area contributed by atoms with Gasteiger partial charge in [-0.1, -0.05) is 6.07 Å². The second-order valence-electron chi connectivity index (χ2n) is 4.06. The highest BCUT2D eigenvalue weighted by Crippen LogP contribution is 2.14. The second kappa shape index (κ2) is 6.83. The number of thiophene rings is 1. The zero-order chi connectivity index (χ0) is 15.3. The Kier molecular flexibility index (Phi) is 5.10. The third-order valence-corrected chi connectivity index (χ3v) is 4.98. The Labute approximate surface area is 126 Å². The van der Waals surface area contributed by atoms with E-state index in [9.17, 15) is 13.2 Å². The van der Waals surface area contributed by atoms with Crippen LogP contribution in [-0.2, 0) is 21.2 Å². The first-order valence-electron chi connectivity index (χ1n) is 6.27. The maximum absolute atomic E-state index is 12.2. The molecule has 0 saturated heterocycles. The summed E-state index contributed by atoms with van der Waals surface area (Å²) in [6.45, 7) is 2.05. The van der Waals surface area contributed by atoms with Gasteiger partial charge < -0.3 is 4.74 Å². The number of H-pyrrole nitrogens is 1. The van der Waals surface area contributed by atoms with Crippen molar-refractivity contribution in [1.82, 2.24) is 14.9 Å². The van der Waals surface area contributed by atoms with Crippen LogP contribution < -0.4 is 4.72 Å². The van der Waals surface area contributed by atoms with Crippen molar-refractivity contribution in [2.24, 2.45) is 0 Å². The summed E-state index contributed by atoms with van der Waals surface area (Å²) in [5, 5.41) is 7.59. The Balaban J connectivity index is 2.05. The van der Waals surface area contributed by atoms with Gasteiger partial charge in [0.2, 0.25) is 0 Å². The Morgan fingerprint density at radius 3 is 3.00 bits per heavy atom. The van der Waals surface area contributed by atoms with Crippen LogP contribution >= 0.6 is 11.3 Å². The van der Waals surface area contributed by atoms with Crippen LogP contribution in [-0.4, -0.2) is 37.7 Å². The van der Waals surface area contributed by atoms with E-state index >= 15 is 0 Å². The van der Waals surface area contributed by atoms with Gasteiger partial charge in [-0.15, -0.1) is 11.3 Å². The van der Waals surface area contributed by atoms with Gasteiger partial charge in [0.1, 0.15) is 5.56 Å². The quantitative estimate of drug-likeness (QED) is 0.743. The Bertz CT molecular complexity index is 692. The number of carbonyl (C=O) groups is 1. The minimum Gasteiger partial charge on any atom is -0.462 e. The Hall–Kier alpha value is -1.71. The summed E-state index contributed by atoms with van der Waals surface area (Å²) in [4.78, 5) is 12.7. The van der Waals surface area contributed by atoms with Crippen molar-refractivity contribution < 1.29 is 17.9 Å². The summed E-state index contributed by atoms with van der Waals surface area (Å²) < 4.78 is 31.6. The molecule has 0 fully saturated rings. The van der Waals surface area contributed by atoms with Crippen molar-refractivity contribution in [3.05, 3.63) is 34.2 Å². The van der Waals surface area contributed by atoms with E-state index in [-0.39, 0.29) is 23.7 Å². The maximum Gasteiger partial charge on any atom is 0.342 e. The molecule has 0 aliphatic rings. The molecule has 0 aromatic carbocycles. The van der Waals surface area contributed by atoms with Gasteiger partial charge in [-0.25, -0.2) is 17.9 Å². The van der Waals surface area contributed by atoms with E-state index in [2.05, 4.69) is 14.9 Å². The van der Waals surface area contributed by atoms with E-state index in [0.29, 0.717) is 6.42 Å². The first kappa shape index (κ1) is 15.7. The van der Waals surface area contributed by atoms with Gasteiger partial charge in [-0.3, -0.25) is 5.10 Å². The number of esters is 1. The standard InChI is InChI=1S/C12H15N3O4S2/c1-2-19-12(16)10-8-13-15-11(10)21(17,18)14-6-5-9-4-3-7-20-9/h3-4,7-8,14H,2,5-6H2,1H3,(H,13,15). The number of sulfonamides is 1. The van der Waals surface area contributed by atoms with Gasteiger partial charge >= 0.3 is 5.97 Å². The highest BCUT2D eigenvalue weighted by Gasteiger charge is 2.25. The number of rotatable bonds is 7. The van der Waals surface area contributed by atoms with Gasteiger partial charge in [0.05, 0.1) is 12.8 Å². The van der Waals surface area contributed by atoms with Gasteiger partial charge in [-0.05, 0) is 24.8 Å². The predicted molar refractivity (Wildman–Crippen MR) is 77.8 cm³/mol. The first-order valence-corrected chi connectivity index (χ1v) is 8.63. The molecule has 0 amide bonds. The number of hydrogen-bond acceptors (Lipinski definition) is 6. The summed E-state index contributed by atoms with van der Waals surface area (Å²) in [5.41, 5.74) is -0.0968. The molecule has 2 heterocycles. The van der Waals surface area contributed by atoms with E-state index < -0.39 is 16.0 Å².